The van der Waals surface area contributed by atoms with Gasteiger partial charge in [-0.15, -0.1) is 10.2 Å². The van der Waals surface area contributed by atoms with E-state index < -0.39 is 0 Å². The fourth-order valence-corrected chi connectivity index (χ4v) is 4.35. The van der Waals surface area contributed by atoms with Crippen molar-refractivity contribution >= 4 is 45.8 Å². The maximum absolute atomic E-state index is 12.2. The molecule has 0 spiro atoms. The van der Waals surface area contributed by atoms with Gasteiger partial charge in [0.25, 0.3) is 0 Å². The molecule has 2 heterocycles. The Morgan fingerprint density at radius 2 is 2.00 bits per heavy atom. The van der Waals surface area contributed by atoms with Crippen molar-refractivity contribution in [2.75, 3.05) is 6.54 Å². The summed E-state index contributed by atoms with van der Waals surface area (Å²) in [6, 6.07) is 7.31. The second-order valence-electron chi connectivity index (χ2n) is 6.09. The third kappa shape index (κ3) is 4.64. The summed E-state index contributed by atoms with van der Waals surface area (Å²) in [5.74, 6) is 1.30. The molecule has 138 valence electrons. The summed E-state index contributed by atoms with van der Waals surface area (Å²) >= 11 is 12.7. The van der Waals surface area contributed by atoms with Crippen LogP contribution in [0.3, 0.4) is 0 Å². The molecule has 1 aliphatic heterocycles. The first-order valence-electron chi connectivity index (χ1n) is 8.68. The van der Waals surface area contributed by atoms with Gasteiger partial charge in [-0.1, -0.05) is 48.9 Å². The first-order valence-corrected chi connectivity index (χ1v) is 10.4. The van der Waals surface area contributed by atoms with Crippen molar-refractivity contribution in [3.63, 3.8) is 0 Å². The Hall–Kier alpha value is -1.44. The molecule has 0 aliphatic carbocycles. The van der Waals surface area contributed by atoms with Crippen molar-refractivity contribution in [3.05, 3.63) is 35.2 Å². The van der Waals surface area contributed by atoms with Crippen molar-refractivity contribution in [1.29, 1.82) is 0 Å². The van der Waals surface area contributed by atoms with E-state index in [4.69, 9.17) is 28.2 Å². The molecule has 0 N–H and O–H groups in total. The Morgan fingerprint density at radius 3 is 2.69 bits per heavy atom. The summed E-state index contributed by atoms with van der Waals surface area (Å²) in [5, 5.41) is 8.86. The van der Waals surface area contributed by atoms with Crippen molar-refractivity contribution in [2.45, 2.75) is 44.3 Å². The number of halogens is 1. The molecule has 2 aromatic rings. The highest BCUT2D eigenvalue weighted by atomic mass is 35.5. The standard InChI is InChI=1S/C18H20ClN3O2S2/c1-2-14-17(23)22(18(25)26-14)11-5-3-4-6-15-20-21-16(24-15)12-7-9-13(19)10-8-12/h7-10,14H,2-6,11H2,1H3. The van der Waals surface area contributed by atoms with Gasteiger partial charge in [0, 0.05) is 23.6 Å². The maximum atomic E-state index is 12.2. The Kier molecular flexibility index (Phi) is 6.67. The lowest BCUT2D eigenvalue weighted by molar-refractivity contribution is -0.126. The predicted octanol–water partition coefficient (Wildman–Crippen LogP) is 4.74. The minimum absolute atomic E-state index is 0.00665. The average molecular weight is 410 g/mol. The van der Waals surface area contributed by atoms with Gasteiger partial charge in [-0.05, 0) is 43.5 Å². The van der Waals surface area contributed by atoms with Crippen LogP contribution in [0.25, 0.3) is 11.5 Å². The lowest BCUT2D eigenvalue weighted by atomic mass is 10.2. The quantitative estimate of drug-likeness (QED) is 0.463. The van der Waals surface area contributed by atoms with Crippen LogP contribution in [0.2, 0.25) is 5.02 Å². The van der Waals surface area contributed by atoms with E-state index in [-0.39, 0.29) is 11.2 Å². The summed E-state index contributed by atoms with van der Waals surface area (Å²) in [6.07, 6.45) is 4.38. The number of unbranched alkanes of at least 4 members (excludes halogenated alkanes) is 2. The van der Waals surface area contributed by atoms with Crippen LogP contribution < -0.4 is 0 Å². The number of rotatable bonds is 8. The van der Waals surface area contributed by atoms with Crippen molar-refractivity contribution in [2.24, 2.45) is 0 Å². The molecule has 0 bridgehead atoms. The molecule has 1 unspecified atom stereocenters. The summed E-state index contributed by atoms with van der Waals surface area (Å²) in [4.78, 5) is 13.9. The fourth-order valence-electron chi connectivity index (χ4n) is 2.75. The number of hydrogen-bond acceptors (Lipinski definition) is 6. The third-order valence-electron chi connectivity index (χ3n) is 4.21. The van der Waals surface area contributed by atoms with E-state index in [2.05, 4.69) is 10.2 Å². The largest absolute Gasteiger partial charge is 0.421 e. The summed E-state index contributed by atoms with van der Waals surface area (Å²) in [6.45, 7) is 2.71. The Bertz CT molecular complexity index is 779. The van der Waals surface area contributed by atoms with Gasteiger partial charge in [0.05, 0.1) is 5.25 Å². The normalized spacial score (nSPS) is 17.3. The SMILES string of the molecule is CCC1SC(=S)N(CCCCCc2nnc(-c3ccc(Cl)cc3)o2)C1=O. The van der Waals surface area contributed by atoms with E-state index in [0.717, 1.165) is 37.7 Å². The van der Waals surface area contributed by atoms with Crippen LogP contribution in [0.15, 0.2) is 28.7 Å². The van der Waals surface area contributed by atoms with Crippen molar-refractivity contribution in [3.8, 4) is 11.5 Å². The van der Waals surface area contributed by atoms with Crippen LogP contribution in [-0.4, -0.2) is 37.1 Å². The van der Waals surface area contributed by atoms with E-state index in [1.54, 1.807) is 17.0 Å². The number of thioether (sulfide) groups is 1. The van der Waals surface area contributed by atoms with Crippen molar-refractivity contribution < 1.29 is 9.21 Å². The van der Waals surface area contributed by atoms with Gasteiger partial charge in [-0.25, -0.2) is 0 Å². The van der Waals surface area contributed by atoms with Crippen LogP contribution >= 0.6 is 35.6 Å². The summed E-state index contributed by atoms with van der Waals surface area (Å²) < 4.78 is 6.41. The molecule has 1 amide bonds. The molecule has 0 radical (unpaired) electrons. The highest BCUT2D eigenvalue weighted by Gasteiger charge is 2.34. The highest BCUT2D eigenvalue weighted by molar-refractivity contribution is 8.24. The van der Waals surface area contributed by atoms with Gasteiger partial charge < -0.3 is 4.42 Å². The number of benzene rings is 1. The summed E-state index contributed by atoms with van der Waals surface area (Å²) in [5.41, 5.74) is 0.859. The lowest BCUT2D eigenvalue weighted by Gasteiger charge is -2.14. The first kappa shape index (κ1) is 19.3. The van der Waals surface area contributed by atoms with Crippen LogP contribution in [0.5, 0.6) is 0 Å². The molecular weight excluding hydrogens is 390 g/mol. The van der Waals surface area contributed by atoms with Crippen LogP contribution in [0.1, 0.15) is 38.5 Å². The fraction of sp³-hybridized carbons (Fsp3) is 0.444. The third-order valence-corrected chi connectivity index (χ3v) is 6.21. The topological polar surface area (TPSA) is 59.2 Å². The minimum atomic E-state index is 0.00665. The zero-order valence-electron chi connectivity index (χ0n) is 14.5. The number of amides is 1. The number of carbonyl (C=O) groups excluding carboxylic acids is 1. The van der Waals surface area contributed by atoms with E-state index in [0.29, 0.717) is 27.7 Å². The number of carbonyl (C=O) groups is 1. The molecule has 1 fully saturated rings. The predicted molar refractivity (Wildman–Crippen MR) is 108 cm³/mol. The maximum Gasteiger partial charge on any atom is 0.247 e. The smallest absolute Gasteiger partial charge is 0.247 e. The lowest BCUT2D eigenvalue weighted by Crippen LogP contribution is -2.32. The van der Waals surface area contributed by atoms with Gasteiger partial charge in [0.2, 0.25) is 17.7 Å². The monoisotopic (exact) mass is 409 g/mol. The van der Waals surface area contributed by atoms with E-state index in [1.165, 1.54) is 11.8 Å². The number of thiocarbonyl (C=S) groups is 1. The molecule has 26 heavy (non-hydrogen) atoms. The van der Waals surface area contributed by atoms with Gasteiger partial charge in [-0.3, -0.25) is 9.69 Å². The van der Waals surface area contributed by atoms with Gasteiger partial charge in [-0.2, -0.15) is 0 Å². The Morgan fingerprint density at radius 1 is 1.23 bits per heavy atom. The highest BCUT2D eigenvalue weighted by Crippen LogP contribution is 2.29. The minimum Gasteiger partial charge on any atom is -0.421 e. The van der Waals surface area contributed by atoms with E-state index in [1.807, 2.05) is 19.1 Å². The Balaban J connectivity index is 1.41. The molecule has 5 nitrogen and oxygen atoms in total. The van der Waals surface area contributed by atoms with E-state index in [9.17, 15) is 4.79 Å². The molecule has 3 rings (SSSR count). The van der Waals surface area contributed by atoms with Gasteiger partial charge in [0.15, 0.2) is 0 Å². The molecular formula is C18H20ClN3O2S2. The zero-order chi connectivity index (χ0) is 18.5. The second kappa shape index (κ2) is 8.97. The molecule has 8 heteroatoms. The van der Waals surface area contributed by atoms with Crippen LogP contribution in [-0.2, 0) is 11.2 Å². The second-order valence-corrected chi connectivity index (χ2v) is 8.36. The van der Waals surface area contributed by atoms with Crippen molar-refractivity contribution in [1.82, 2.24) is 15.1 Å². The zero-order valence-corrected chi connectivity index (χ0v) is 16.9. The number of nitrogens with zero attached hydrogens (tertiary/aromatic N) is 3. The van der Waals surface area contributed by atoms with Gasteiger partial charge in [0.1, 0.15) is 4.32 Å². The van der Waals surface area contributed by atoms with Crippen LogP contribution in [0.4, 0.5) is 0 Å². The Labute approximate surface area is 167 Å². The first-order chi connectivity index (χ1) is 12.6. The molecule has 1 aromatic heterocycles. The van der Waals surface area contributed by atoms with Crippen LogP contribution in [0, 0.1) is 0 Å². The number of aryl methyl sites for hydroxylation is 1. The molecule has 1 atom stereocenters. The van der Waals surface area contributed by atoms with Gasteiger partial charge >= 0.3 is 0 Å². The van der Waals surface area contributed by atoms with E-state index >= 15 is 0 Å². The summed E-state index contributed by atoms with van der Waals surface area (Å²) in [7, 11) is 0. The molecule has 1 aliphatic rings. The number of aromatic nitrogens is 2. The molecule has 1 saturated heterocycles. The molecule has 1 aromatic carbocycles. The average Bonchev–Trinajstić information content (AvgIpc) is 3.21. The molecule has 0 saturated carbocycles. The number of hydrogen-bond donors (Lipinski definition) is 0.